The van der Waals surface area contributed by atoms with Gasteiger partial charge >= 0.3 is 0 Å². The third-order valence-corrected chi connectivity index (χ3v) is 5.36. The molecule has 0 amide bonds. The molecule has 4 nitrogen and oxygen atoms in total. The summed E-state index contributed by atoms with van der Waals surface area (Å²) in [5.74, 6) is 0. The van der Waals surface area contributed by atoms with Gasteiger partial charge in [0.15, 0.2) is 0 Å². The molecule has 1 fully saturated rings. The summed E-state index contributed by atoms with van der Waals surface area (Å²) in [7, 11) is 4.31. The smallest absolute Gasteiger partial charge is 0.208 e. The number of benzene rings is 1. The number of nitrogens with zero attached hydrogens (tertiary/aromatic N) is 4. The fraction of sp³-hybridized carbons (Fsp3) is 0.500. The average Bonchev–Trinajstić information content (AvgIpc) is 2.98. The fourth-order valence-corrected chi connectivity index (χ4v) is 3.80. The second kappa shape index (κ2) is 6.94. The Morgan fingerprint density at radius 1 is 1.27 bits per heavy atom. The molecule has 0 radical (unpaired) electrons. The highest BCUT2D eigenvalue weighted by Gasteiger charge is 2.23. The summed E-state index contributed by atoms with van der Waals surface area (Å²) in [6.45, 7) is 2.13. The molecule has 1 aromatic carbocycles. The van der Waals surface area contributed by atoms with Crippen LogP contribution in [0.25, 0.3) is 0 Å². The molecule has 1 saturated heterocycles. The van der Waals surface area contributed by atoms with Crippen LogP contribution in [-0.4, -0.2) is 48.3 Å². The fourth-order valence-electron chi connectivity index (χ4n) is 2.77. The molecule has 1 unspecified atom stereocenters. The normalized spacial score (nSPS) is 18.9. The van der Waals surface area contributed by atoms with Crippen LogP contribution in [-0.2, 0) is 6.42 Å². The second-order valence-electron chi connectivity index (χ2n) is 5.99. The van der Waals surface area contributed by atoms with E-state index in [9.17, 15) is 0 Å². The summed E-state index contributed by atoms with van der Waals surface area (Å²) in [5.41, 5.74) is 1.22. The van der Waals surface area contributed by atoms with Gasteiger partial charge in [-0.25, -0.2) is 0 Å². The Morgan fingerprint density at radius 3 is 2.77 bits per heavy atom. The van der Waals surface area contributed by atoms with Crippen molar-refractivity contribution in [2.45, 2.75) is 25.3 Å². The number of hydrogen-bond acceptors (Lipinski definition) is 5. The molecule has 0 saturated carbocycles. The first-order valence-corrected chi connectivity index (χ1v) is 8.79. The minimum atomic E-state index is 0.609. The van der Waals surface area contributed by atoms with Crippen molar-refractivity contribution in [3.63, 3.8) is 0 Å². The predicted octanol–water partition coefficient (Wildman–Crippen LogP) is 3.31. The van der Waals surface area contributed by atoms with E-state index in [4.69, 9.17) is 11.6 Å². The first kappa shape index (κ1) is 15.7. The Hall–Kier alpha value is -1.17. The highest BCUT2D eigenvalue weighted by Crippen LogP contribution is 2.26. The van der Waals surface area contributed by atoms with E-state index in [1.807, 2.05) is 24.3 Å². The van der Waals surface area contributed by atoms with Gasteiger partial charge in [-0.15, -0.1) is 10.2 Å². The lowest BCUT2D eigenvalue weighted by molar-refractivity contribution is 0.258. The van der Waals surface area contributed by atoms with Gasteiger partial charge in [0.1, 0.15) is 5.01 Å². The molecule has 0 bridgehead atoms. The number of piperidine rings is 1. The zero-order valence-corrected chi connectivity index (χ0v) is 14.6. The minimum Gasteiger partial charge on any atom is -0.345 e. The third kappa shape index (κ3) is 3.77. The molecule has 1 aliphatic rings. The molecule has 22 heavy (non-hydrogen) atoms. The molecular formula is C16H21ClN4S. The molecule has 1 aromatic heterocycles. The van der Waals surface area contributed by atoms with Crippen molar-refractivity contribution in [2.75, 3.05) is 32.1 Å². The second-order valence-corrected chi connectivity index (χ2v) is 7.46. The summed E-state index contributed by atoms with van der Waals surface area (Å²) in [6.07, 6.45) is 3.30. The Kier molecular flexibility index (Phi) is 4.96. The molecule has 3 rings (SSSR count). The van der Waals surface area contributed by atoms with Gasteiger partial charge in [-0.05, 0) is 44.6 Å². The van der Waals surface area contributed by atoms with Crippen molar-refractivity contribution < 1.29 is 0 Å². The number of aromatic nitrogens is 2. The van der Waals surface area contributed by atoms with E-state index in [1.54, 1.807) is 11.3 Å². The minimum absolute atomic E-state index is 0.609. The number of likely N-dealkylation sites (N-methyl/N-ethyl adjacent to an activating group) is 1. The van der Waals surface area contributed by atoms with Crippen LogP contribution in [0.3, 0.4) is 0 Å². The quantitative estimate of drug-likeness (QED) is 0.857. The summed E-state index contributed by atoms with van der Waals surface area (Å²) in [4.78, 5) is 4.68. The average molecular weight is 337 g/mol. The summed E-state index contributed by atoms with van der Waals surface area (Å²) in [6, 6.07) is 8.55. The molecule has 0 spiro atoms. The predicted molar refractivity (Wildman–Crippen MR) is 93.1 cm³/mol. The lowest BCUT2D eigenvalue weighted by Gasteiger charge is -2.35. The Bertz CT molecular complexity index is 611. The van der Waals surface area contributed by atoms with Gasteiger partial charge in [-0.3, -0.25) is 0 Å². The topological polar surface area (TPSA) is 32.3 Å². The van der Waals surface area contributed by atoms with E-state index in [0.29, 0.717) is 6.04 Å². The van der Waals surface area contributed by atoms with Crippen molar-refractivity contribution in [3.8, 4) is 0 Å². The van der Waals surface area contributed by atoms with E-state index in [2.05, 4.69) is 34.1 Å². The van der Waals surface area contributed by atoms with Gasteiger partial charge in [0.25, 0.3) is 0 Å². The van der Waals surface area contributed by atoms with Crippen molar-refractivity contribution in [1.29, 1.82) is 0 Å². The van der Waals surface area contributed by atoms with Crippen LogP contribution in [0.5, 0.6) is 0 Å². The van der Waals surface area contributed by atoms with Crippen LogP contribution in [0, 0.1) is 0 Å². The first-order valence-electron chi connectivity index (χ1n) is 7.60. The Morgan fingerprint density at radius 2 is 2.05 bits per heavy atom. The third-order valence-electron chi connectivity index (χ3n) is 4.12. The van der Waals surface area contributed by atoms with Gasteiger partial charge in [-0.1, -0.05) is 35.1 Å². The number of hydrogen-bond donors (Lipinski definition) is 0. The van der Waals surface area contributed by atoms with Crippen LogP contribution in [0.15, 0.2) is 24.3 Å². The van der Waals surface area contributed by atoms with E-state index in [-0.39, 0.29) is 0 Å². The van der Waals surface area contributed by atoms with E-state index in [0.717, 1.165) is 34.7 Å². The van der Waals surface area contributed by atoms with Crippen LogP contribution in [0.1, 0.15) is 23.4 Å². The van der Waals surface area contributed by atoms with Gasteiger partial charge in [0.05, 0.1) is 0 Å². The molecule has 0 aliphatic carbocycles. The maximum atomic E-state index is 5.92. The summed E-state index contributed by atoms with van der Waals surface area (Å²) in [5, 5.41) is 11.6. The maximum Gasteiger partial charge on any atom is 0.208 e. The molecule has 2 heterocycles. The molecular weight excluding hydrogens is 316 g/mol. The number of anilines is 1. The Balaban J connectivity index is 1.66. The molecule has 118 valence electrons. The first-order chi connectivity index (χ1) is 10.6. The zero-order valence-electron chi connectivity index (χ0n) is 13.0. The van der Waals surface area contributed by atoms with Crippen molar-refractivity contribution in [2.24, 2.45) is 0 Å². The van der Waals surface area contributed by atoms with E-state index < -0.39 is 0 Å². The van der Waals surface area contributed by atoms with Crippen LogP contribution >= 0.6 is 22.9 Å². The largest absolute Gasteiger partial charge is 0.345 e. The van der Waals surface area contributed by atoms with Crippen molar-refractivity contribution in [3.05, 3.63) is 39.9 Å². The molecule has 2 aromatic rings. The lowest BCUT2D eigenvalue weighted by atomic mass is 10.1. The number of halogens is 1. The van der Waals surface area contributed by atoms with Gasteiger partial charge in [0, 0.05) is 30.6 Å². The number of rotatable bonds is 4. The van der Waals surface area contributed by atoms with Crippen LogP contribution < -0.4 is 4.90 Å². The van der Waals surface area contributed by atoms with Crippen molar-refractivity contribution >= 4 is 28.1 Å². The maximum absolute atomic E-state index is 5.92. The monoisotopic (exact) mass is 336 g/mol. The standard InChI is InChI=1S/C16H21ClN4S/c1-20(2)14-4-3-9-21(11-14)16-19-18-15(22-16)10-12-5-7-13(17)8-6-12/h5-8,14H,3-4,9-11H2,1-2H3. The lowest BCUT2D eigenvalue weighted by Crippen LogP contribution is -2.45. The summed E-state index contributed by atoms with van der Waals surface area (Å²) >= 11 is 7.63. The van der Waals surface area contributed by atoms with Crippen LogP contribution in [0.4, 0.5) is 5.13 Å². The molecule has 1 atom stereocenters. The van der Waals surface area contributed by atoms with E-state index in [1.165, 1.54) is 18.4 Å². The van der Waals surface area contributed by atoms with Gasteiger partial charge in [-0.2, -0.15) is 0 Å². The molecule has 6 heteroatoms. The highest BCUT2D eigenvalue weighted by molar-refractivity contribution is 7.15. The SMILES string of the molecule is CN(C)C1CCCN(c2nnc(Cc3ccc(Cl)cc3)s2)C1. The Labute approximate surface area is 140 Å². The van der Waals surface area contributed by atoms with Crippen molar-refractivity contribution in [1.82, 2.24) is 15.1 Å². The summed E-state index contributed by atoms with van der Waals surface area (Å²) < 4.78 is 0. The molecule has 1 aliphatic heterocycles. The van der Waals surface area contributed by atoms with Gasteiger partial charge in [0.2, 0.25) is 5.13 Å². The molecule has 0 N–H and O–H groups in total. The van der Waals surface area contributed by atoms with E-state index >= 15 is 0 Å². The zero-order chi connectivity index (χ0) is 15.5. The highest BCUT2D eigenvalue weighted by atomic mass is 35.5. The van der Waals surface area contributed by atoms with Gasteiger partial charge < -0.3 is 9.80 Å². The van der Waals surface area contributed by atoms with Crippen LogP contribution in [0.2, 0.25) is 5.02 Å².